The molecule has 4 amide bonds. The van der Waals surface area contributed by atoms with Gasteiger partial charge in [0.15, 0.2) is 5.96 Å². The van der Waals surface area contributed by atoms with Crippen molar-refractivity contribution in [1.29, 1.82) is 0 Å². The number of nitrogens with zero attached hydrogens (tertiary/aromatic N) is 3. The van der Waals surface area contributed by atoms with Crippen molar-refractivity contribution < 1.29 is 29.1 Å². The van der Waals surface area contributed by atoms with E-state index in [2.05, 4.69) is 20.6 Å². The summed E-state index contributed by atoms with van der Waals surface area (Å²) in [5.41, 5.74) is 19.0. The SMILES string of the molecule is CC(C)C[C@H](NC(=O)[C@@H]1CCCN1C(=O)[C@H](CCCN=C(N)N)NC(=O)[C@@H](N)Cc1c[nH]c2ccccc12)C(=O)N1CCC[C@H]1C(=O)O. The molecule has 262 valence electrons. The maximum absolute atomic E-state index is 14.0. The Morgan fingerprint density at radius 2 is 1.62 bits per heavy atom. The second-order valence-corrected chi connectivity index (χ2v) is 13.1. The summed E-state index contributed by atoms with van der Waals surface area (Å²) in [6.07, 6.45) is 4.79. The van der Waals surface area contributed by atoms with Crippen molar-refractivity contribution in [1.82, 2.24) is 25.4 Å². The molecule has 15 nitrogen and oxygen atoms in total. The zero-order chi connectivity index (χ0) is 35.0. The first-order valence-corrected chi connectivity index (χ1v) is 16.7. The Kier molecular flexibility index (Phi) is 12.4. The lowest BCUT2D eigenvalue weighted by Crippen LogP contribution is -2.58. The Morgan fingerprint density at radius 3 is 2.29 bits per heavy atom. The van der Waals surface area contributed by atoms with Crippen LogP contribution in [0.25, 0.3) is 10.9 Å². The molecule has 2 fully saturated rings. The highest BCUT2D eigenvalue weighted by atomic mass is 16.4. The van der Waals surface area contributed by atoms with E-state index in [9.17, 15) is 29.1 Å². The summed E-state index contributed by atoms with van der Waals surface area (Å²) >= 11 is 0. The van der Waals surface area contributed by atoms with Crippen molar-refractivity contribution in [2.24, 2.45) is 28.1 Å². The molecular weight excluding hydrogens is 618 g/mol. The zero-order valence-electron chi connectivity index (χ0n) is 27.7. The molecule has 48 heavy (non-hydrogen) atoms. The third-order valence-electron chi connectivity index (χ3n) is 8.99. The van der Waals surface area contributed by atoms with Gasteiger partial charge in [-0.05, 0) is 68.9 Å². The van der Waals surface area contributed by atoms with Gasteiger partial charge in [-0.2, -0.15) is 0 Å². The van der Waals surface area contributed by atoms with E-state index in [1.54, 1.807) is 0 Å². The summed E-state index contributed by atoms with van der Waals surface area (Å²) < 4.78 is 0. The minimum absolute atomic E-state index is 0.0321. The number of hydrogen-bond acceptors (Lipinski definition) is 7. The van der Waals surface area contributed by atoms with Gasteiger partial charge in [0.05, 0.1) is 6.04 Å². The van der Waals surface area contributed by atoms with Crippen LogP contribution in [0, 0.1) is 5.92 Å². The standard InChI is InChI=1S/C33H49N9O6/c1-19(2)16-25(31(46)42-15-7-12-27(42)32(47)48)40-29(44)26-11-6-14-41(26)30(45)24(10-5-13-37-33(35)36)39-28(43)22(34)17-20-18-38-23-9-4-3-8-21(20)23/h3-4,8-9,18-19,22,24-27,38H,5-7,10-17,34H2,1-2H3,(H,39,43)(H,40,44)(H,47,48)(H4,35,36,37)/t22-,24-,25-,26-,27-/m0/s1. The number of nitrogens with two attached hydrogens (primary N) is 3. The lowest BCUT2D eigenvalue weighted by molar-refractivity contribution is -0.150. The van der Waals surface area contributed by atoms with E-state index in [1.807, 2.05) is 44.3 Å². The summed E-state index contributed by atoms with van der Waals surface area (Å²) in [5, 5.41) is 16.2. The molecule has 2 aliphatic heterocycles. The number of amides is 4. The molecule has 5 atom stereocenters. The summed E-state index contributed by atoms with van der Waals surface area (Å²) in [6, 6.07) is 3.00. The number of aromatic amines is 1. The number of H-pyrrole nitrogens is 1. The number of carbonyl (C=O) groups is 5. The fourth-order valence-electron chi connectivity index (χ4n) is 6.62. The van der Waals surface area contributed by atoms with Gasteiger partial charge in [0.25, 0.3) is 0 Å². The number of fused-ring (bicyclic) bond motifs is 1. The summed E-state index contributed by atoms with van der Waals surface area (Å²) in [6.45, 7) is 4.65. The van der Waals surface area contributed by atoms with Crippen LogP contribution in [0.5, 0.6) is 0 Å². The van der Waals surface area contributed by atoms with Gasteiger partial charge >= 0.3 is 5.97 Å². The fourth-order valence-corrected chi connectivity index (χ4v) is 6.62. The second-order valence-electron chi connectivity index (χ2n) is 13.1. The average Bonchev–Trinajstić information content (AvgIpc) is 3.81. The smallest absolute Gasteiger partial charge is 0.326 e. The molecule has 2 saturated heterocycles. The van der Waals surface area contributed by atoms with Gasteiger partial charge in [-0.15, -0.1) is 0 Å². The first kappa shape index (κ1) is 36.2. The zero-order valence-corrected chi connectivity index (χ0v) is 27.7. The quantitative estimate of drug-likeness (QED) is 0.0777. The van der Waals surface area contributed by atoms with Crippen molar-refractivity contribution in [2.75, 3.05) is 19.6 Å². The van der Waals surface area contributed by atoms with Crippen molar-refractivity contribution in [3.05, 3.63) is 36.0 Å². The minimum atomic E-state index is -1.07. The van der Waals surface area contributed by atoms with Crippen molar-refractivity contribution >= 4 is 46.5 Å². The van der Waals surface area contributed by atoms with E-state index in [-0.39, 0.29) is 37.8 Å². The molecule has 4 rings (SSSR count). The predicted octanol–water partition coefficient (Wildman–Crippen LogP) is 0.174. The number of carboxylic acids is 1. The highest BCUT2D eigenvalue weighted by Crippen LogP contribution is 2.24. The molecule has 2 aromatic rings. The molecular formula is C33H49N9O6. The van der Waals surface area contributed by atoms with Crippen molar-refractivity contribution in [3.63, 3.8) is 0 Å². The van der Waals surface area contributed by atoms with Crippen molar-refractivity contribution in [3.8, 4) is 0 Å². The van der Waals surface area contributed by atoms with E-state index in [1.165, 1.54) is 9.80 Å². The number of hydrogen-bond donors (Lipinski definition) is 7. The van der Waals surface area contributed by atoms with Gasteiger partial charge in [0.2, 0.25) is 23.6 Å². The predicted molar refractivity (Wildman–Crippen MR) is 180 cm³/mol. The van der Waals surface area contributed by atoms with Crippen LogP contribution in [0.4, 0.5) is 0 Å². The van der Waals surface area contributed by atoms with Crippen LogP contribution >= 0.6 is 0 Å². The number of carboxylic acid groups (broad SMARTS) is 1. The molecule has 2 aliphatic rings. The molecule has 10 N–H and O–H groups in total. The van der Waals surface area contributed by atoms with Crippen LogP contribution in [0.3, 0.4) is 0 Å². The van der Waals surface area contributed by atoms with E-state index in [0.29, 0.717) is 45.1 Å². The number of aromatic nitrogens is 1. The number of likely N-dealkylation sites (tertiary alicyclic amines) is 2. The molecule has 3 heterocycles. The lowest BCUT2D eigenvalue weighted by Gasteiger charge is -2.32. The van der Waals surface area contributed by atoms with E-state index in [0.717, 1.165) is 16.5 Å². The summed E-state index contributed by atoms with van der Waals surface area (Å²) in [5.74, 6) is -3.02. The Morgan fingerprint density at radius 1 is 0.979 bits per heavy atom. The number of benzene rings is 1. The molecule has 0 saturated carbocycles. The Bertz CT molecular complexity index is 1500. The van der Waals surface area contributed by atoms with E-state index < -0.39 is 59.8 Å². The Hall–Kier alpha value is -4.66. The Labute approximate surface area is 280 Å². The van der Waals surface area contributed by atoms with Crippen LogP contribution in [0.1, 0.15) is 64.4 Å². The van der Waals surface area contributed by atoms with Gasteiger partial charge in [-0.25, -0.2) is 4.79 Å². The molecule has 0 aliphatic carbocycles. The van der Waals surface area contributed by atoms with Crippen LogP contribution in [-0.2, 0) is 30.4 Å². The maximum atomic E-state index is 14.0. The number of guanidine groups is 1. The van der Waals surface area contributed by atoms with Gasteiger partial charge in [-0.3, -0.25) is 24.2 Å². The normalized spacial score (nSPS) is 19.6. The lowest BCUT2D eigenvalue weighted by atomic mass is 10.0. The van der Waals surface area contributed by atoms with Crippen LogP contribution < -0.4 is 27.8 Å². The van der Waals surface area contributed by atoms with Crippen LogP contribution in [0.2, 0.25) is 0 Å². The number of para-hydroxylation sites is 1. The molecule has 0 radical (unpaired) electrons. The van der Waals surface area contributed by atoms with Crippen LogP contribution in [0.15, 0.2) is 35.5 Å². The number of aliphatic carboxylic acids is 1. The number of nitrogens with one attached hydrogen (secondary N) is 3. The first-order valence-electron chi connectivity index (χ1n) is 16.7. The molecule has 1 aromatic heterocycles. The summed E-state index contributed by atoms with van der Waals surface area (Å²) in [7, 11) is 0. The van der Waals surface area contributed by atoms with Gasteiger partial charge < -0.3 is 47.7 Å². The van der Waals surface area contributed by atoms with Crippen molar-refractivity contribution in [2.45, 2.75) is 95.4 Å². The largest absolute Gasteiger partial charge is 0.480 e. The van der Waals surface area contributed by atoms with E-state index in [4.69, 9.17) is 17.2 Å². The molecule has 0 bridgehead atoms. The highest BCUT2D eigenvalue weighted by molar-refractivity contribution is 5.96. The number of aliphatic imine (C=N–C) groups is 1. The van der Waals surface area contributed by atoms with Crippen LogP contribution in [-0.4, -0.2) is 105 Å². The molecule has 1 aromatic carbocycles. The topological polar surface area (TPSA) is 242 Å². The van der Waals surface area contributed by atoms with Gasteiger partial charge in [0.1, 0.15) is 24.2 Å². The van der Waals surface area contributed by atoms with Gasteiger partial charge in [-0.1, -0.05) is 32.0 Å². The minimum Gasteiger partial charge on any atom is -0.480 e. The first-order chi connectivity index (χ1) is 22.9. The average molecular weight is 668 g/mol. The summed E-state index contributed by atoms with van der Waals surface area (Å²) in [4.78, 5) is 76.3. The maximum Gasteiger partial charge on any atom is 0.326 e. The number of rotatable bonds is 15. The molecule has 0 spiro atoms. The Balaban J connectivity index is 1.47. The second kappa shape index (κ2) is 16.4. The third kappa shape index (κ3) is 9.02. The van der Waals surface area contributed by atoms with Gasteiger partial charge in [0, 0.05) is 36.7 Å². The third-order valence-corrected chi connectivity index (χ3v) is 8.99. The van der Waals surface area contributed by atoms with E-state index >= 15 is 0 Å². The molecule has 0 unspecified atom stereocenters. The molecule has 15 heteroatoms. The number of carbonyl (C=O) groups excluding carboxylic acids is 4. The highest BCUT2D eigenvalue weighted by Gasteiger charge is 2.41. The monoisotopic (exact) mass is 667 g/mol. The fraction of sp³-hybridized carbons (Fsp3) is 0.576.